The summed E-state index contributed by atoms with van der Waals surface area (Å²) < 4.78 is 25.3. The Labute approximate surface area is 98.6 Å². The Hall–Kier alpha value is -2.02. The van der Waals surface area contributed by atoms with Crippen molar-refractivity contribution in [2.45, 2.75) is 4.90 Å². The molecule has 90 valence electrons. The fourth-order valence-electron chi connectivity index (χ4n) is 1.37. The van der Waals surface area contributed by atoms with Gasteiger partial charge in [0.15, 0.2) is 0 Å². The molecule has 0 saturated heterocycles. The van der Waals surface area contributed by atoms with Crippen LogP contribution in [0.3, 0.4) is 0 Å². The van der Waals surface area contributed by atoms with Gasteiger partial charge in [0, 0.05) is 19.3 Å². The van der Waals surface area contributed by atoms with E-state index >= 15 is 0 Å². The fourth-order valence-corrected chi connectivity index (χ4v) is 2.46. The number of rotatable bonds is 3. The van der Waals surface area contributed by atoms with E-state index in [1.54, 1.807) is 12.1 Å². The van der Waals surface area contributed by atoms with Gasteiger partial charge in [-0.25, -0.2) is 8.42 Å². The molecule has 0 aliphatic rings. The Morgan fingerprint density at radius 1 is 1.41 bits per heavy atom. The molecule has 17 heavy (non-hydrogen) atoms. The minimum Gasteiger partial charge on any atom is -0.508 e. The molecule has 0 radical (unpaired) electrons. The van der Waals surface area contributed by atoms with E-state index in [9.17, 15) is 13.5 Å². The standard InChI is InChI=1S/C10H11N3O3S/c1-13(8-3-2-4-9(14)5-8)17(15,16)10-6-11-12-7-10/h2-7,14H,1H3,(H,11,12). The first kappa shape index (κ1) is 11.5. The third kappa shape index (κ3) is 2.09. The van der Waals surface area contributed by atoms with Gasteiger partial charge in [-0.3, -0.25) is 9.40 Å². The van der Waals surface area contributed by atoms with E-state index in [0.717, 1.165) is 4.31 Å². The summed E-state index contributed by atoms with van der Waals surface area (Å²) in [4.78, 5) is 0.0725. The number of aromatic hydroxyl groups is 1. The van der Waals surface area contributed by atoms with Crippen LogP contribution >= 0.6 is 0 Å². The maximum atomic E-state index is 12.1. The number of hydrogen-bond donors (Lipinski definition) is 2. The monoisotopic (exact) mass is 253 g/mol. The molecule has 0 amide bonds. The lowest BCUT2D eigenvalue weighted by atomic mass is 10.3. The van der Waals surface area contributed by atoms with E-state index in [0.29, 0.717) is 5.69 Å². The highest BCUT2D eigenvalue weighted by Gasteiger charge is 2.22. The first-order valence-corrected chi connectivity index (χ1v) is 6.22. The maximum Gasteiger partial charge on any atom is 0.267 e. The first-order valence-electron chi connectivity index (χ1n) is 4.78. The van der Waals surface area contributed by atoms with E-state index < -0.39 is 10.0 Å². The molecule has 2 N–H and O–H groups in total. The molecule has 0 aliphatic heterocycles. The summed E-state index contributed by atoms with van der Waals surface area (Å²) in [5.41, 5.74) is 0.381. The van der Waals surface area contributed by atoms with Crippen molar-refractivity contribution in [1.82, 2.24) is 10.2 Å². The highest BCUT2D eigenvalue weighted by Crippen LogP contribution is 2.24. The number of nitrogens with one attached hydrogen (secondary N) is 1. The molecule has 0 atom stereocenters. The Kier molecular flexibility index (Phi) is 2.76. The van der Waals surface area contributed by atoms with Crippen LogP contribution in [0, 0.1) is 0 Å². The fraction of sp³-hybridized carbons (Fsp3) is 0.100. The number of hydrogen-bond acceptors (Lipinski definition) is 4. The number of phenolic OH excluding ortho intramolecular Hbond substituents is 1. The van der Waals surface area contributed by atoms with Crippen LogP contribution in [0.2, 0.25) is 0 Å². The lowest BCUT2D eigenvalue weighted by molar-refractivity contribution is 0.475. The highest BCUT2D eigenvalue weighted by atomic mass is 32.2. The summed E-state index contributed by atoms with van der Waals surface area (Å²) in [6.45, 7) is 0. The molecule has 0 aliphatic carbocycles. The van der Waals surface area contributed by atoms with Gasteiger partial charge in [0.25, 0.3) is 10.0 Å². The zero-order chi connectivity index (χ0) is 12.5. The van der Waals surface area contributed by atoms with Crippen molar-refractivity contribution in [3.63, 3.8) is 0 Å². The molecule has 0 bridgehead atoms. The number of aromatic amines is 1. The molecule has 2 aromatic rings. The van der Waals surface area contributed by atoms with Gasteiger partial charge >= 0.3 is 0 Å². The minimum atomic E-state index is -3.64. The van der Waals surface area contributed by atoms with Crippen molar-refractivity contribution in [1.29, 1.82) is 0 Å². The lowest BCUT2D eigenvalue weighted by Gasteiger charge is -2.18. The summed E-state index contributed by atoms with van der Waals surface area (Å²) in [5, 5.41) is 15.4. The van der Waals surface area contributed by atoms with Gasteiger partial charge in [-0.15, -0.1) is 0 Å². The molecule has 0 spiro atoms. The van der Waals surface area contributed by atoms with Crippen LogP contribution < -0.4 is 4.31 Å². The number of anilines is 1. The van der Waals surface area contributed by atoms with Crippen LogP contribution in [0.4, 0.5) is 5.69 Å². The number of phenols is 1. The Morgan fingerprint density at radius 2 is 2.18 bits per heavy atom. The predicted octanol–water partition coefficient (Wildman–Crippen LogP) is 0.940. The Bertz CT molecular complexity index is 607. The van der Waals surface area contributed by atoms with Gasteiger partial charge in [-0.1, -0.05) is 6.07 Å². The Morgan fingerprint density at radius 3 is 2.76 bits per heavy atom. The molecule has 0 unspecified atom stereocenters. The number of H-pyrrole nitrogens is 1. The average molecular weight is 253 g/mol. The van der Waals surface area contributed by atoms with Crippen molar-refractivity contribution in [2.75, 3.05) is 11.4 Å². The van der Waals surface area contributed by atoms with E-state index in [-0.39, 0.29) is 10.6 Å². The van der Waals surface area contributed by atoms with Crippen LogP contribution in [-0.2, 0) is 10.0 Å². The minimum absolute atomic E-state index is 0.0109. The highest BCUT2D eigenvalue weighted by molar-refractivity contribution is 7.92. The zero-order valence-electron chi connectivity index (χ0n) is 9.03. The summed E-state index contributed by atoms with van der Waals surface area (Å²) in [5.74, 6) is 0.0109. The first-order chi connectivity index (χ1) is 8.01. The molecule has 0 saturated carbocycles. The molecule has 6 nitrogen and oxygen atoms in total. The molecule has 1 aromatic carbocycles. The van der Waals surface area contributed by atoms with Crippen molar-refractivity contribution in [3.05, 3.63) is 36.7 Å². The normalized spacial score (nSPS) is 11.4. The van der Waals surface area contributed by atoms with Crippen LogP contribution in [0.15, 0.2) is 41.6 Å². The van der Waals surface area contributed by atoms with Gasteiger partial charge in [-0.05, 0) is 12.1 Å². The second kappa shape index (κ2) is 4.10. The van der Waals surface area contributed by atoms with E-state index in [1.807, 2.05) is 0 Å². The molecule has 1 aromatic heterocycles. The Balaban J connectivity index is 2.42. The van der Waals surface area contributed by atoms with Crippen LogP contribution in [0.25, 0.3) is 0 Å². The van der Waals surface area contributed by atoms with E-state index in [2.05, 4.69) is 10.2 Å². The van der Waals surface area contributed by atoms with Crippen LogP contribution in [0.5, 0.6) is 5.75 Å². The number of sulfonamides is 1. The smallest absolute Gasteiger partial charge is 0.267 e. The number of aromatic nitrogens is 2. The predicted molar refractivity (Wildman–Crippen MR) is 62.3 cm³/mol. The van der Waals surface area contributed by atoms with Gasteiger partial charge < -0.3 is 5.11 Å². The van der Waals surface area contributed by atoms with Crippen molar-refractivity contribution >= 4 is 15.7 Å². The second-order valence-electron chi connectivity index (χ2n) is 3.43. The van der Waals surface area contributed by atoms with Crippen molar-refractivity contribution in [3.8, 4) is 5.75 Å². The summed E-state index contributed by atoms with van der Waals surface area (Å²) in [6, 6.07) is 6.02. The summed E-state index contributed by atoms with van der Waals surface area (Å²) in [6.07, 6.45) is 2.53. The second-order valence-corrected chi connectivity index (χ2v) is 5.40. The van der Waals surface area contributed by atoms with Gasteiger partial charge in [0.1, 0.15) is 10.6 Å². The molecule has 2 rings (SSSR count). The topological polar surface area (TPSA) is 86.3 Å². The van der Waals surface area contributed by atoms with Crippen molar-refractivity contribution < 1.29 is 13.5 Å². The quantitative estimate of drug-likeness (QED) is 0.852. The van der Waals surface area contributed by atoms with Crippen LogP contribution in [-0.4, -0.2) is 30.8 Å². The molecule has 0 fully saturated rings. The zero-order valence-corrected chi connectivity index (χ0v) is 9.85. The van der Waals surface area contributed by atoms with E-state index in [1.165, 1.54) is 31.6 Å². The molecular formula is C10H11N3O3S. The lowest BCUT2D eigenvalue weighted by Crippen LogP contribution is -2.26. The number of nitrogens with zero attached hydrogens (tertiary/aromatic N) is 2. The third-order valence-corrected chi connectivity index (χ3v) is 4.08. The van der Waals surface area contributed by atoms with Gasteiger partial charge in [0.05, 0.1) is 11.9 Å². The summed E-state index contributed by atoms with van der Waals surface area (Å²) >= 11 is 0. The third-order valence-electron chi connectivity index (χ3n) is 2.32. The van der Waals surface area contributed by atoms with E-state index in [4.69, 9.17) is 0 Å². The largest absolute Gasteiger partial charge is 0.508 e. The van der Waals surface area contributed by atoms with Crippen LogP contribution in [0.1, 0.15) is 0 Å². The van der Waals surface area contributed by atoms with Gasteiger partial charge in [0.2, 0.25) is 0 Å². The number of benzene rings is 1. The molecule has 1 heterocycles. The molecular weight excluding hydrogens is 242 g/mol. The van der Waals surface area contributed by atoms with Crippen molar-refractivity contribution in [2.24, 2.45) is 0 Å². The molecule has 7 heteroatoms. The SMILES string of the molecule is CN(c1cccc(O)c1)S(=O)(=O)c1cn[nH]c1. The summed E-state index contributed by atoms with van der Waals surface area (Å²) in [7, 11) is -2.22. The average Bonchev–Trinajstić information content (AvgIpc) is 2.82. The van der Waals surface area contributed by atoms with Gasteiger partial charge in [-0.2, -0.15) is 5.10 Å². The maximum absolute atomic E-state index is 12.1.